The monoisotopic (exact) mass is 320 g/mol. The van der Waals surface area contributed by atoms with Gasteiger partial charge in [-0.25, -0.2) is 13.6 Å². The average molecular weight is 320 g/mol. The molecule has 0 saturated heterocycles. The van der Waals surface area contributed by atoms with Crippen LogP contribution < -0.4 is 10.9 Å². The first kappa shape index (κ1) is 14.4. The molecule has 0 atom stereocenters. The molecular formula is C15H16N2O2S2. The molecule has 0 bridgehead atoms. The van der Waals surface area contributed by atoms with Crippen molar-refractivity contribution in [2.24, 2.45) is 5.14 Å². The molecule has 4 N–H and O–H groups in total. The Morgan fingerprint density at radius 1 is 0.952 bits per heavy atom. The zero-order valence-electron chi connectivity index (χ0n) is 11.4. The predicted octanol–water partition coefficient (Wildman–Crippen LogP) is 2.56. The van der Waals surface area contributed by atoms with Crippen molar-refractivity contribution < 1.29 is 8.42 Å². The number of sulfonamides is 1. The molecule has 1 aliphatic carbocycles. The molecule has 3 rings (SSSR count). The van der Waals surface area contributed by atoms with E-state index in [1.165, 1.54) is 23.6 Å². The van der Waals surface area contributed by atoms with Crippen molar-refractivity contribution in [1.29, 1.82) is 0 Å². The summed E-state index contributed by atoms with van der Waals surface area (Å²) in [6.45, 7) is 0. The molecule has 21 heavy (non-hydrogen) atoms. The van der Waals surface area contributed by atoms with Gasteiger partial charge < -0.3 is 5.73 Å². The van der Waals surface area contributed by atoms with Crippen LogP contribution in [0.4, 0.5) is 5.69 Å². The van der Waals surface area contributed by atoms with E-state index in [0.717, 1.165) is 22.6 Å². The van der Waals surface area contributed by atoms with Gasteiger partial charge in [-0.05, 0) is 60.7 Å². The summed E-state index contributed by atoms with van der Waals surface area (Å²) in [7, 11) is -3.77. The first-order chi connectivity index (χ1) is 9.93. The lowest BCUT2D eigenvalue weighted by Gasteiger charge is -2.08. The fourth-order valence-electron chi connectivity index (χ4n) is 2.60. The van der Waals surface area contributed by atoms with E-state index in [4.69, 9.17) is 10.9 Å². The minimum Gasteiger partial charge on any atom is -0.398 e. The quantitative estimate of drug-likeness (QED) is 0.851. The maximum Gasteiger partial charge on any atom is 0.240 e. The second-order valence-electron chi connectivity index (χ2n) is 5.13. The lowest BCUT2D eigenvalue weighted by molar-refractivity contribution is 0.598. The van der Waals surface area contributed by atoms with Crippen LogP contribution in [0.1, 0.15) is 17.5 Å². The molecule has 1 aliphatic rings. The number of benzene rings is 2. The first-order valence-corrected chi connectivity index (χ1v) is 9.02. The summed E-state index contributed by atoms with van der Waals surface area (Å²) in [4.78, 5) is 2.01. The molecule has 2 aromatic carbocycles. The van der Waals surface area contributed by atoms with E-state index in [1.54, 1.807) is 23.9 Å². The number of primary sulfonamides is 1. The number of fused-ring (bicyclic) bond motifs is 1. The molecule has 0 unspecified atom stereocenters. The van der Waals surface area contributed by atoms with Crippen LogP contribution >= 0.6 is 11.8 Å². The van der Waals surface area contributed by atoms with Crippen LogP contribution in [0.2, 0.25) is 0 Å². The van der Waals surface area contributed by atoms with Gasteiger partial charge in [0.15, 0.2) is 0 Å². The smallest absolute Gasteiger partial charge is 0.240 e. The zero-order valence-corrected chi connectivity index (χ0v) is 13.0. The Balaban J connectivity index is 1.87. The fourth-order valence-corrected chi connectivity index (χ4v) is 4.17. The summed E-state index contributed by atoms with van der Waals surface area (Å²) in [5.41, 5.74) is 8.81. The summed E-state index contributed by atoms with van der Waals surface area (Å²) < 4.78 is 22.7. The average Bonchev–Trinajstić information content (AvgIpc) is 2.84. The van der Waals surface area contributed by atoms with Crippen LogP contribution in [0.3, 0.4) is 0 Å². The minimum absolute atomic E-state index is 0.0270. The van der Waals surface area contributed by atoms with Crippen LogP contribution in [-0.2, 0) is 22.9 Å². The van der Waals surface area contributed by atoms with Gasteiger partial charge in [0.25, 0.3) is 0 Å². The molecular weight excluding hydrogens is 304 g/mol. The number of anilines is 1. The normalized spacial score (nSPS) is 14.1. The molecule has 110 valence electrons. The molecule has 0 spiro atoms. The van der Waals surface area contributed by atoms with Crippen molar-refractivity contribution in [3.8, 4) is 0 Å². The second-order valence-corrected chi connectivity index (χ2v) is 7.81. The van der Waals surface area contributed by atoms with Gasteiger partial charge in [-0.15, -0.1) is 0 Å². The van der Waals surface area contributed by atoms with Crippen LogP contribution in [0.25, 0.3) is 0 Å². The highest BCUT2D eigenvalue weighted by Crippen LogP contribution is 2.33. The van der Waals surface area contributed by atoms with E-state index in [0.29, 0.717) is 0 Å². The maximum absolute atomic E-state index is 11.3. The molecule has 0 amide bonds. The number of aryl methyl sites for hydroxylation is 2. The molecule has 0 aromatic heterocycles. The van der Waals surface area contributed by atoms with Crippen LogP contribution in [0.5, 0.6) is 0 Å². The number of hydrogen-bond acceptors (Lipinski definition) is 4. The summed E-state index contributed by atoms with van der Waals surface area (Å²) >= 11 is 1.57. The van der Waals surface area contributed by atoms with Crippen molar-refractivity contribution in [3.63, 3.8) is 0 Å². The van der Waals surface area contributed by atoms with E-state index in [-0.39, 0.29) is 10.6 Å². The number of rotatable bonds is 3. The molecule has 0 heterocycles. The molecule has 0 fully saturated rings. The molecule has 0 radical (unpaired) electrons. The SMILES string of the molecule is Nc1cc(Sc2ccc3c(c2)CCC3)ccc1S(N)(=O)=O. The van der Waals surface area contributed by atoms with E-state index in [2.05, 4.69) is 18.2 Å². The fraction of sp³-hybridized carbons (Fsp3) is 0.200. The number of nitrogens with two attached hydrogens (primary N) is 2. The van der Waals surface area contributed by atoms with Crippen LogP contribution in [-0.4, -0.2) is 8.42 Å². The molecule has 4 nitrogen and oxygen atoms in total. The van der Waals surface area contributed by atoms with Crippen molar-refractivity contribution in [2.75, 3.05) is 5.73 Å². The van der Waals surface area contributed by atoms with Gasteiger partial charge in [0.05, 0.1) is 5.69 Å². The maximum atomic E-state index is 11.3. The highest BCUT2D eigenvalue weighted by molar-refractivity contribution is 7.99. The highest BCUT2D eigenvalue weighted by Gasteiger charge is 2.14. The zero-order chi connectivity index (χ0) is 15.0. The summed E-state index contributed by atoms with van der Waals surface area (Å²) in [5.74, 6) is 0. The third-order valence-corrected chi connectivity index (χ3v) is 5.56. The Morgan fingerprint density at radius 3 is 2.33 bits per heavy atom. The van der Waals surface area contributed by atoms with E-state index in [9.17, 15) is 8.42 Å². The largest absolute Gasteiger partial charge is 0.398 e. The Hall–Kier alpha value is -1.50. The first-order valence-electron chi connectivity index (χ1n) is 6.65. The third-order valence-electron chi connectivity index (χ3n) is 3.59. The van der Waals surface area contributed by atoms with Gasteiger partial charge in [0, 0.05) is 9.79 Å². The van der Waals surface area contributed by atoms with Gasteiger partial charge in [0.2, 0.25) is 10.0 Å². The molecule has 0 saturated carbocycles. The molecule has 6 heteroatoms. The van der Waals surface area contributed by atoms with Crippen molar-refractivity contribution in [3.05, 3.63) is 47.5 Å². The molecule has 0 aliphatic heterocycles. The topological polar surface area (TPSA) is 86.2 Å². The second kappa shape index (κ2) is 5.36. The Morgan fingerprint density at radius 2 is 1.62 bits per heavy atom. The Kier molecular flexibility index (Phi) is 3.69. The summed E-state index contributed by atoms with van der Waals surface area (Å²) in [6.07, 6.45) is 3.52. The third kappa shape index (κ3) is 3.07. The van der Waals surface area contributed by atoms with E-state index in [1.807, 2.05) is 0 Å². The van der Waals surface area contributed by atoms with Crippen LogP contribution in [0, 0.1) is 0 Å². The van der Waals surface area contributed by atoms with Crippen molar-refractivity contribution >= 4 is 27.5 Å². The van der Waals surface area contributed by atoms with E-state index < -0.39 is 10.0 Å². The lowest BCUT2D eigenvalue weighted by Crippen LogP contribution is -2.14. The summed E-state index contributed by atoms with van der Waals surface area (Å²) in [5, 5.41) is 5.11. The Bertz CT molecular complexity index is 801. The number of hydrogen-bond donors (Lipinski definition) is 2. The summed E-state index contributed by atoms with van der Waals surface area (Å²) in [6, 6.07) is 11.3. The van der Waals surface area contributed by atoms with Gasteiger partial charge in [-0.2, -0.15) is 0 Å². The Labute approximate surface area is 128 Å². The molecule has 2 aromatic rings. The highest BCUT2D eigenvalue weighted by atomic mass is 32.2. The number of nitrogen functional groups attached to an aromatic ring is 1. The van der Waals surface area contributed by atoms with E-state index >= 15 is 0 Å². The van der Waals surface area contributed by atoms with Gasteiger partial charge in [-0.3, -0.25) is 0 Å². The predicted molar refractivity (Wildman–Crippen MR) is 84.8 cm³/mol. The standard InChI is InChI=1S/C15H16N2O2S2/c16-14-9-13(6-7-15(14)21(17,18)19)20-12-5-4-10-2-1-3-11(10)8-12/h4-9H,1-3,16H2,(H2,17,18,19). The van der Waals surface area contributed by atoms with Gasteiger partial charge >= 0.3 is 0 Å². The van der Waals surface area contributed by atoms with Gasteiger partial charge in [-0.1, -0.05) is 17.8 Å². The van der Waals surface area contributed by atoms with Gasteiger partial charge in [0.1, 0.15) is 4.90 Å². The van der Waals surface area contributed by atoms with Crippen molar-refractivity contribution in [2.45, 2.75) is 33.9 Å². The lowest BCUT2D eigenvalue weighted by atomic mass is 10.1. The minimum atomic E-state index is -3.77. The van der Waals surface area contributed by atoms with Crippen molar-refractivity contribution in [1.82, 2.24) is 0 Å². The van der Waals surface area contributed by atoms with Crippen LogP contribution in [0.15, 0.2) is 51.1 Å².